The zero-order valence-corrected chi connectivity index (χ0v) is 11.8. The average molecular weight is 271 g/mol. The van der Waals surface area contributed by atoms with E-state index in [0.29, 0.717) is 29.7 Å². The highest BCUT2D eigenvalue weighted by Gasteiger charge is 2.06. The van der Waals surface area contributed by atoms with Crippen molar-refractivity contribution in [1.29, 1.82) is 5.26 Å². The Morgan fingerprint density at radius 1 is 1.40 bits per heavy atom. The molecule has 104 valence electrons. The van der Waals surface area contributed by atoms with Gasteiger partial charge in [-0.15, -0.1) is 0 Å². The van der Waals surface area contributed by atoms with Crippen molar-refractivity contribution in [3.8, 4) is 17.6 Å². The third-order valence-electron chi connectivity index (χ3n) is 2.90. The van der Waals surface area contributed by atoms with Crippen LogP contribution in [0.5, 0.6) is 11.5 Å². The van der Waals surface area contributed by atoms with Gasteiger partial charge in [0.1, 0.15) is 18.4 Å². The van der Waals surface area contributed by atoms with Crippen LogP contribution in [0.1, 0.15) is 31.0 Å². The van der Waals surface area contributed by atoms with E-state index in [0.717, 1.165) is 5.56 Å². The summed E-state index contributed by atoms with van der Waals surface area (Å²) < 4.78 is 12.6. The minimum absolute atomic E-state index is 0.304. The number of methoxy groups -OCH3 is 1. The Morgan fingerprint density at radius 2 is 2.20 bits per heavy atom. The van der Waals surface area contributed by atoms with E-state index in [2.05, 4.69) is 25.0 Å². The molecule has 0 unspecified atom stereocenters. The molecule has 0 bridgehead atoms. The summed E-state index contributed by atoms with van der Waals surface area (Å²) >= 11 is 0. The molecule has 0 saturated heterocycles. The number of aromatic nitrogens is 2. The molecule has 2 aromatic rings. The molecule has 0 aliphatic rings. The molecule has 0 aliphatic carbocycles. The van der Waals surface area contributed by atoms with Crippen molar-refractivity contribution >= 4 is 0 Å². The van der Waals surface area contributed by atoms with E-state index < -0.39 is 0 Å². The van der Waals surface area contributed by atoms with Crippen LogP contribution in [-0.2, 0) is 6.61 Å². The predicted octanol–water partition coefficient (Wildman–Crippen LogP) is 2.92. The smallest absolute Gasteiger partial charge is 0.157 e. The number of ether oxygens (including phenoxy) is 2. The Kier molecular flexibility index (Phi) is 4.26. The molecule has 0 atom stereocenters. The number of nitrogens with zero attached hydrogens (tertiary/aromatic N) is 3. The summed E-state index contributed by atoms with van der Waals surface area (Å²) in [7, 11) is 1.55. The Labute approximate surface area is 118 Å². The molecule has 1 heterocycles. The summed E-state index contributed by atoms with van der Waals surface area (Å²) in [6, 6.07) is 7.83. The van der Waals surface area contributed by atoms with Gasteiger partial charge in [0.05, 0.1) is 25.1 Å². The molecule has 5 heteroatoms. The minimum Gasteiger partial charge on any atom is -0.495 e. The van der Waals surface area contributed by atoms with Gasteiger partial charge in [-0.25, -0.2) is 0 Å². The standard InChI is InChI=1S/C15H17N3O2/c1-11(2)18-9-14(8-17-18)20-10-12-4-5-15(19-3)13(6-12)7-16/h4-6,8-9,11H,10H2,1-3H3. The first kappa shape index (κ1) is 13.9. The maximum atomic E-state index is 9.04. The summed E-state index contributed by atoms with van der Waals surface area (Å²) in [5.74, 6) is 1.29. The zero-order chi connectivity index (χ0) is 14.5. The van der Waals surface area contributed by atoms with Crippen molar-refractivity contribution < 1.29 is 9.47 Å². The van der Waals surface area contributed by atoms with Crippen LogP contribution >= 0.6 is 0 Å². The third kappa shape index (κ3) is 3.09. The van der Waals surface area contributed by atoms with Crippen LogP contribution in [0.25, 0.3) is 0 Å². The summed E-state index contributed by atoms with van der Waals surface area (Å²) in [5, 5.41) is 13.2. The Hall–Kier alpha value is -2.48. The SMILES string of the molecule is COc1ccc(COc2cnn(C(C)C)c2)cc1C#N. The number of benzene rings is 1. The highest BCUT2D eigenvalue weighted by atomic mass is 16.5. The molecule has 0 N–H and O–H groups in total. The van der Waals surface area contributed by atoms with Crippen LogP contribution in [0.2, 0.25) is 0 Å². The fraction of sp³-hybridized carbons (Fsp3) is 0.333. The lowest BCUT2D eigenvalue weighted by Crippen LogP contribution is -2.00. The van der Waals surface area contributed by atoms with E-state index in [-0.39, 0.29) is 0 Å². The first-order valence-electron chi connectivity index (χ1n) is 6.38. The van der Waals surface area contributed by atoms with Crippen LogP contribution in [0.4, 0.5) is 0 Å². The van der Waals surface area contributed by atoms with Gasteiger partial charge in [-0.3, -0.25) is 4.68 Å². The highest BCUT2D eigenvalue weighted by molar-refractivity contribution is 5.45. The molecular formula is C15H17N3O2. The van der Waals surface area contributed by atoms with Gasteiger partial charge in [0, 0.05) is 6.04 Å². The Morgan fingerprint density at radius 3 is 2.80 bits per heavy atom. The van der Waals surface area contributed by atoms with E-state index in [1.807, 2.05) is 16.9 Å². The Balaban J connectivity index is 2.05. The maximum Gasteiger partial charge on any atom is 0.157 e. The lowest BCUT2D eigenvalue weighted by atomic mass is 10.1. The molecule has 0 radical (unpaired) electrons. The molecule has 0 amide bonds. The van der Waals surface area contributed by atoms with E-state index >= 15 is 0 Å². The number of hydrogen-bond donors (Lipinski definition) is 0. The molecule has 1 aromatic carbocycles. The quantitative estimate of drug-likeness (QED) is 0.839. The molecule has 2 rings (SSSR count). The lowest BCUT2D eigenvalue weighted by Gasteiger charge is -2.07. The lowest BCUT2D eigenvalue weighted by molar-refractivity contribution is 0.305. The second-order valence-electron chi connectivity index (χ2n) is 4.68. The maximum absolute atomic E-state index is 9.04. The molecular weight excluding hydrogens is 254 g/mol. The monoisotopic (exact) mass is 271 g/mol. The van der Waals surface area contributed by atoms with Crippen LogP contribution in [-0.4, -0.2) is 16.9 Å². The second kappa shape index (κ2) is 6.11. The van der Waals surface area contributed by atoms with Crippen molar-refractivity contribution in [3.63, 3.8) is 0 Å². The minimum atomic E-state index is 0.304. The normalized spacial score (nSPS) is 10.3. The van der Waals surface area contributed by atoms with Crippen molar-refractivity contribution in [1.82, 2.24) is 9.78 Å². The van der Waals surface area contributed by atoms with Crippen LogP contribution in [0, 0.1) is 11.3 Å². The largest absolute Gasteiger partial charge is 0.495 e. The topological polar surface area (TPSA) is 60.1 Å². The van der Waals surface area contributed by atoms with Crippen LogP contribution < -0.4 is 9.47 Å². The number of nitriles is 1. The number of rotatable bonds is 5. The summed E-state index contributed by atoms with van der Waals surface area (Å²) in [5.41, 5.74) is 1.42. The summed E-state index contributed by atoms with van der Waals surface area (Å²) in [6.45, 7) is 4.50. The van der Waals surface area contributed by atoms with Gasteiger partial charge in [-0.2, -0.15) is 10.4 Å². The van der Waals surface area contributed by atoms with Crippen molar-refractivity contribution in [2.75, 3.05) is 7.11 Å². The molecule has 0 fully saturated rings. The van der Waals surface area contributed by atoms with Gasteiger partial charge in [0.2, 0.25) is 0 Å². The van der Waals surface area contributed by atoms with Crippen molar-refractivity contribution in [3.05, 3.63) is 41.7 Å². The average Bonchev–Trinajstić information content (AvgIpc) is 2.94. The van der Waals surface area contributed by atoms with Gasteiger partial charge in [-0.05, 0) is 31.5 Å². The summed E-state index contributed by atoms with van der Waals surface area (Å²) in [4.78, 5) is 0. The molecule has 0 aliphatic heterocycles. The second-order valence-corrected chi connectivity index (χ2v) is 4.68. The van der Waals surface area contributed by atoms with Gasteiger partial charge in [0.25, 0.3) is 0 Å². The van der Waals surface area contributed by atoms with Gasteiger partial charge in [0.15, 0.2) is 5.75 Å². The van der Waals surface area contributed by atoms with Crippen molar-refractivity contribution in [2.45, 2.75) is 26.5 Å². The summed E-state index contributed by atoms with van der Waals surface area (Å²) in [6.07, 6.45) is 3.55. The van der Waals surface area contributed by atoms with Crippen LogP contribution in [0.3, 0.4) is 0 Å². The molecule has 0 spiro atoms. The third-order valence-corrected chi connectivity index (χ3v) is 2.90. The van der Waals surface area contributed by atoms with E-state index in [4.69, 9.17) is 14.7 Å². The fourth-order valence-electron chi connectivity index (χ4n) is 1.78. The molecule has 0 saturated carbocycles. The zero-order valence-electron chi connectivity index (χ0n) is 11.8. The first-order valence-corrected chi connectivity index (χ1v) is 6.38. The first-order chi connectivity index (χ1) is 9.63. The van der Waals surface area contributed by atoms with Gasteiger partial charge in [-0.1, -0.05) is 6.07 Å². The van der Waals surface area contributed by atoms with Gasteiger partial charge < -0.3 is 9.47 Å². The van der Waals surface area contributed by atoms with Crippen molar-refractivity contribution in [2.24, 2.45) is 0 Å². The highest BCUT2D eigenvalue weighted by Crippen LogP contribution is 2.20. The fourth-order valence-corrected chi connectivity index (χ4v) is 1.78. The molecule has 1 aromatic heterocycles. The molecule has 5 nitrogen and oxygen atoms in total. The van der Waals surface area contributed by atoms with Crippen LogP contribution in [0.15, 0.2) is 30.6 Å². The predicted molar refractivity (Wildman–Crippen MR) is 74.7 cm³/mol. The van der Waals surface area contributed by atoms with E-state index in [9.17, 15) is 0 Å². The molecule has 20 heavy (non-hydrogen) atoms. The van der Waals surface area contributed by atoms with Gasteiger partial charge >= 0.3 is 0 Å². The van der Waals surface area contributed by atoms with E-state index in [1.54, 1.807) is 25.4 Å². The number of hydrogen-bond acceptors (Lipinski definition) is 4. The Bertz CT molecular complexity index is 626. The van der Waals surface area contributed by atoms with E-state index in [1.165, 1.54) is 0 Å².